The van der Waals surface area contributed by atoms with Gasteiger partial charge in [0.15, 0.2) is 0 Å². The molecule has 1 saturated carbocycles. The van der Waals surface area contributed by atoms with Crippen LogP contribution in [0.3, 0.4) is 0 Å². The van der Waals surface area contributed by atoms with Gasteiger partial charge in [0.05, 0.1) is 0 Å². The van der Waals surface area contributed by atoms with Crippen LogP contribution in [-0.2, 0) is 0 Å². The zero-order chi connectivity index (χ0) is 15.3. The molecule has 1 N–H and O–H groups in total. The molecule has 1 aromatic rings. The monoisotopic (exact) mass is 317 g/mol. The maximum absolute atomic E-state index is 11.8. The Morgan fingerprint density at radius 2 is 1.55 bits per heavy atom. The predicted molar refractivity (Wildman–Crippen MR) is 96.0 cm³/mol. The molecule has 3 rings (SSSR count). The zero-order valence-electron chi connectivity index (χ0n) is 13.8. The van der Waals surface area contributed by atoms with E-state index in [1.54, 1.807) is 0 Å². The normalized spacial score (nSPS) is 24.0. The molecular weight excluding hydrogens is 286 g/mol. The molecule has 0 bridgehead atoms. The zero-order valence-corrected chi connectivity index (χ0v) is 14.8. The van der Waals surface area contributed by atoms with Gasteiger partial charge in [0, 0.05) is 0 Å². The van der Waals surface area contributed by atoms with E-state index in [1.807, 2.05) is 0 Å². The highest BCUT2D eigenvalue weighted by atomic mass is 28.4. The molecule has 0 amide bonds. The Morgan fingerprint density at radius 3 is 2.23 bits per heavy atom. The van der Waals surface area contributed by atoms with Crippen LogP contribution in [-0.4, -0.2) is 37.6 Å². The third kappa shape index (κ3) is 3.81. The summed E-state index contributed by atoms with van der Waals surface area (Å²) in [7, 11) is -2.35. The summed E-state index contributed by atoms with van der Waals surface area (Å²) in [5, 5.41) is 1.28. The summed E-state index contributed by atoms with van der Waals surface area (Å²) >= 11 is 0. The van der Waals surface area contributed by atoms with Gasteiger partial charge in [-0.1, -0.05) is 68.9 Å². The molecule has 1 heterocycles. The van der Waals surface area contributed by atoms with E-state index in [1.165, 1.54) is 69.6 Å². The number of rotatable bonds is 5. The number of likely N-dealkylation sites (tertiary alicyclic amines) is 1. The van der Waals surface area contributed by atoms with Gasteiger partial charge in [0.1, 0.15) is 0 Å². The van der Waals surface area contributed by atoms with Crippen LogP contribution in [0.4, 0.5) is 0 Å². The minimum atomic E-state index is -2.35. The largest absolute Gasteiger partial charge is 0.427 e. The first-order valence-corrected chi connectivity index (χ1v) is 11.5. The van der Waals surface area contributed by atoms with Gasteiger partial charge in [-0.2, -0.15) is 0 Å². The minimum Gasteiger partial charge on any atom is -0.427 e. The van der Waals surface area contributed by atoms with E-state index >= 15 is 0 Å². The van der Waals surface area contributed by atoms with Crippen molar-refractivity contribution in [3.8, 4) is 0 Å². The number of piperidine rings is 1. The summed E-state index contributed by atoms with van der Waals surface area (Å²) in [4.78, 5) is 14.3. The number of hydrogen-bond acceptors (Lipinski definition) is 2. The highest BCUT2D eigenvalue weighted by Gasteiger charge is 2.42. The van der Waals surface area contributed by atoms with E-state index in [-0.39, 0.29) is 0 Å². The maximum Gasteiger partial charge on any atom is 0.224 e. The van der Waals surface area contributed by atoms with E-state index in [4.69, 9.17) is 0 Å². The average molecular weight is 318 g/mol. The van der Waals surface area contributed by atoms with Crippen molar-refractivity contribution in [3.63, 3.8) is 0 Å². The van der Waals surface area contributed by atoms with Gasteiger partial charge in [-0.25, -0.2) is 0 Å². The Bertz CT molecular complexity index is 440. The fourth-order valence-corrected chi connectivity index (χ4v) is 8.36. The van der Waals surface area contributed by atoms with Crippen molar-refractivity contribution in [2.75, 3.05) is 19.6 Å². The quantitative estimate of drug-likeness (QED) is 0.838. The van der Waals surface area contributed by atoms with Crippen molar-refractivity contribution in [2.24, 2.45) is 0 Å². The molecule has 22 heavy (non-hydrogen) atoms. The van der Waals surface area contributed by atoms with Crippen molar-refractivity contribution in [2.45, 2.75) is 63.0 Å². The van der Waals surface area contributed by atoms with E-state index in [0.717, 1.165) is 12.6 Å². The van der Waals surface area contributed by atoms with E-state index in [2.05, 4.69) is 35.2 Å². The molecule has 2 fully saturated rings. The van der Waals surface area contributed by atoms with Crippen molar-refractivity contribution in [3.05, 3.63) is 30.3 Å². The number of nitrogens with zero attached hydrogens (tertiary/aromatic N) is 1. The lowest BCUT2D eigenvalue weighted by Gasteiger charge is -2.38. The lowest BCUT2D eigenvalue weighted by atomic mass is 10.0. The van der Waals surface area contributed by atoms with Crippen molar-refractivity contribution < 1.29 is 4.80 Å². The summed E-state index contributed by atoms with van der Waals surface area (Å²) < 4.78 is 0. The standard InChI is InChI=1S/C19H31NOSi/c21-22(18-10-4-1-5-11-18,19-12-6-2-7-13-19)17-16-20-14-8-3-9-15-20/h1,4-5,10-11,19,21H,2-3,6-9,12-17H2. The number of benzene rings is 1. The Labute approximate surface area is 136 Å². The first kappa shape index (κ1) is 16.2. The maximum atomic E-state index is 11.8. The second-order valence-electron chi connectivity index (χ2n) is 7.28. The Balaban J connectivity index is 1.73. The summed E-state index contributed by atoms with van der Waals surface area (Å²) in [6.45, 7) is 3.59. The predicted octanol–water partition coefficient (Wildman–Crippen LogP) is 3.65. The lowest BCUT2D eigenvalue weighted by molar-refractivity contribution is 0.236. The molecule has 2 aliphatic rings. The first-order chi connectivity index (χ1) is 10.8. The fourth-order valence-electron chi connectivity index (χ4n) is 4.40. The van der Waals surface area contributed by atoms with Gasteiger partial charge in [0.25, 0.3) is 0 Å². The summed E-state index contributed by atoms with van der Waals surface area (Å²) in [6.07, 6.45) is 10.6. The van der Waals surface area contributed by atoms with Crippen LogP contribution in [0.1, 0.15) is 51.4 Å². The van der Waals surface area contributed by atoms with E-state index in [9.17, 15) is 4.80 Å². The highest BCUT2D eigenvalue weighted by molar-refractivity contribution is 6.86. The Morgan fingerprint density at radius 1 is 0.909 bits per heavy atom. The summed E-state index contributed by atoms with van der Waals surface area (Å²) in [5.74, 6) is 0. The molecule has 0 radical (unpaired) electrons. The molecule has 1 atom stereocenters. The minimum absolute atomic E-state index is 0.577. The van der Waals surface area contributed by atoms with E-state index in [0.29, 0.717) is 5.54 Å². The molecule has 1 unspecified atom stereocenters. The Hall–Kier alpha value is -0.643. The van der Waals surface area contributed by atoms with Gasteiger partial charge >= 0.3 is 0 Å². The van der Waals surface area contributed by atoms with Crippen molar-refractivity contribution in [1.29, 1.82) is 0 Å². The third-order valence-corrected chi connectivity index (χ3v) is 10.1. The molecule has 1 aliphatic heterocycles. The molecule has 1 aliphatic carbocycles. The second kappa shape index (κ2) is 7.76. The van der Waals surface area contributed by atoms with Gasteiger partial charge in [-0.15, -0.1) is 0 Å². The molecular formula is C19H31NOSi. The summed E-state index contributed by atoms with van der Waals surface area (Å²) in [5.41, 5.74) is 0.577. The lowest BCUT2D eigenvalue weighted by Crippen LogP contribution is -2.54. The smallest absolute Gasteiger partial charge is 0.224 e. The third-order valence-electron chi connectivity index (χ3n) is 5.81. The van der Waals surface area contributed by atoms with Crippen LogP contribution in [0.2, 0.25) is 11.6 Å². The molecule has 3 heteroatoms. The SMILES string of the molecule is O[Si](CCN1CCCCC1)(c1ccccc1)C1CCCCC1. The van der Waals surface area contributed by atoms with E-state index < -0.39 is 8.32 Å². The molecule has 0 spiro atoms. The van der Waals surface area contributed by atoms with Crippen LogP contribution >= 0.6 is 0 Å². The number of hydrogen-bond donors (Lipinski definition) is 1. The molecule has 0 aromatic heterocycles. The molecule has 122 valence electrons. The van der Waals surface area contributed by atoms with Crippen molar-refractivity contribution >= 4 is 13.5 Å². The molecule has 1 aromatic carbocycles. The van der Waals surface area contributed by atoms with Crippen LogP contribution in [0.25, 0.3) is 0 Å². The van der Waals surface area contributed by atoms with Gasteiger partial charge in [-0.3, -0.25) is 0 Å². The van der Waals surface area contributed by atoms with Gasteiger partial charge in [0.2, 0.25) is 8.32 Å². The second-order valence-corrected chi connectivity index (χ2v) is 11.0. The summed E-state index contributed by atoms with van der Waals surface area (Å²) in [6, 6.07) is 11.7. The van der Waals surface area contributed by atoms with Crippen LogP contribution in [0.5, 0.6) is 0 Å². The van der Waals surface area contributed by atoms with Crippen LogP contribution in [0, 0.1) is 0 Å². The Kier molecular flexibility index (Phi) is 5.72. The van der Waals surface area contributed by atoms with Crippen LogP contribution < -0.4 is 5.19 Å². The topological polar surface area (TPSA) is 23.5 Å². The molecule has 2 nitrogen and oxygen atoms in total. The highest BCUT2D eigenvalue weighted by Crippen LogP contribution is 2.37. The van der Waals surface area contributed by atoms with Crippen molar-refractivity contribution in [1.82, 2.24) is 4.90 Å². The first-order valence-electron chi connectivity index (χ1n) is 9.29. The fraction of sp³-hybridized carbons (Fsp3) is 0.684. The molecule has 1 saturated heterocycles. The van der Waals surface area contributed by atoms with Gasteiger partial charge < -0.3 is 9.70 Å². The average Bonchev–Trinajstić information content (AvgIpc) is 2.62. The van der Waals surface area contributed by atoms with Crippen LogP contribution in [0.15, 0.2) is 30.3 Å². The van der Waals surface area contributed by atoms with Gasteiger partial charge in [-0.05, 0) is 49.2 Å².